The van der Waals surface area contributed by atoms with Crippen molar-refractivity contribution in [2.75, 3.05) is 12.3 Å². The number of nitrogens with zero attached hydrogens (tertiary/aromatic N) is 1. The molecule has 0 fully saturated rings. The van der Waals surface area contributed by atoms with E-state index < -0.39 is 11.7 Å². The normalized spacial score (nSPS) is 11.1. The second-order valence-electron chi connectivity index (χ2n) is 4.29. The van der Waals surface area contributed by atoms with Gasteiger partial charge in [-0.15, -0.1) is 0 Å². The zero-order chi connectivity index (χ0) is 13.0. The Balaban J connectivity index is 2.86. The zero-order valence-electron chi connectivity index (χ0n) is 10.1. The SMILES string of the molecule is CC(C)N(CC(N)=O)Cc1cccc(N)c1F. The van der Waals surface area contributed by atoms with Crippen molar-refractivity contribution in [1.29, 1.82) is 0 Å². The molecule has 0 bridgehead atoms. The molecule has 0 aliphatic carbocycles. The molecule has 1 rings (SSSR count). The van der Waals surface area contributed by atoms with Crippen LogP contribution in [0.25, 0.3) is 0 Å². The van der Waals surface area contributed by atoms with E-state index in [1.165, 1.54) is 6.07 Å². The summed E-state index contributed by atoms with van der Waals surface area (Å²) in [7, 11) is 0. The van der Waals surface area contributed by atoms with E-state index in [9.17, 15) is 9.18 Å². The summed E-state index contributed by atoms with van der Waals surface area (Å²) in [5.41, 5.74) is 11.2. The Morgan fingerprint density at radius 2 is 2.12 bits per heavy atom. The van der Waals surface area contributed by atoms with Gasteiger partial charge in [0.05, 0.1) is 12.2 Å². The van der Waals surface area contributed by atoms with Crippen molar-refractivity contribution in [2.24, 2.45) is 5.73 Å². The maximum Gasteiger partial charge on any atom is 0.231 e. The Hall–Kier alpha value is -1.62. The monoisotopic (exact) mass is 239 g/mol. The van der Waals surface area contributed by atoms with Crippen molar-refractivity contribution in [3.05, 3.63) is 29.6 Å². The van der Waals surface area contributed by atoms with Crippen LogP contribution in [0.4, 0.5) is 10.1 Å². The van der Waals surface area contributed by atoms with Crippen LogP contribution in [0.3, 0.4) is 0 Å². The average Bonchev–Trinajstić information content (AvgIpc) is 2.22. The molecule has 0 spiro atoms. The second-order valence-corrected chi connectivity index (χ2v) is 4.29. The number of primary amides is 1. The van der Waals surface area contributed by atoms with E-state index in [0.29, 0.717) is 12.1 Å². The number of halogens is 1. The first-order valence-corrected chi connectivity index (χ1v) is 5.47. The van der Waals surface area contributed by atoms with Crippen LogP contribution < -0.4 is 11.5 Å². The summed E-state index contributed by atoms with van der Waals surface area (Å²) in [6.07, 6.45) is 0. The van der Waals surface area contributed by atoms with Crippen molar-refractivity contribution >= 4 is 11.6 Å². The summed E-state index contributed by atoms with van der Waals surface area (Å²) < 4.78 is 13.7. The topological polar surface area (TPSA) is 72.3 Å². The first-order chi connectivity index (χ1) is 7.91. The molecule has 0 aromatic heterocycles. The lowest BCUT2D eigenvalue weighted by Crippen LogP contribution is -2.38. The smallest absolute Gasteiger partial charge is 0.231 e. The molecular weight excluding hydrogens is 221 g/mol. The molecule has 0 unspecified atom stereocenters. The predicted molar refractivity (Wildman–Crippen MR) is 65.6 cm³/mol. The lowest BCUT2D eigenvalue weighted by atomic mass is 10.1. The lowest BCUT2D eigenvalue weighted by Gasteiger charge is -2.25. The van der Waals surface area contributed by atoms with Crippen LogP contribution in [-0.2, 0) is 11.3 Å². The van der Waals surface area contributed by atoms with Crippen LogP contribution in [0.15, 0.2) is 18.2 Å². The Bertz CT molecular complexity index is 407. The van der Waals surface area contributed by atoms with E-state index in [1.54, 1.807) is 17.0 Å². The minimum absolute atomic E-state index is 0.100. The minimum Gasteiger partial charge on any atom is -0.396 e. The highest BCUT2D eigenvalue weighted by atomic mass is 19.1. The maximum absolute atomic E-state index is 13.7. The molecule has 4 nitrogen and oxygen atoms in total. The molecular formula is C12H18FN3O. The van der Waals surface area contributed by atoms with E-state index in [-0.39, 0.29) is 18.3 Å². The molecule has 0 aliphatic rings. The van der Waals surface area contributed by atoms with E-state index in [2.05, 4.69) is 0 Å². The van der Waals surface area contributed by atoms with Gasteiger partial charge in [-0.05, 0) is 19.9 Å². The fourth-order valence-electron chi connectivity index (χ4n) is 1.56. The van der Waals surface area contributed by atoms with E-state index in [4.69, 9.17) is 11.5 Å². The van der Waals surface area contributed by atoms with Gasteiger partial charge in [0.1, 0.15) is 0 Å². The molecule has 94 valence electrons. The highest BCUT2D eigenvalue weighted by Crippen LogP contribution is 2.17. The highest BCUT2D eigenvalue weighted by Gasteiger charge is 2.15. The van der Waals surface area contributed by atoms with Crippen molar-refractivity contribution in [3.8, 4) is 0 Å². The van der Waals surface area contributed by atoms with Crippen molar-refractivity contribution in [3.63, 3.8) is 0 Å². The van der Waals surface area contributed by atoms with Crippen molar-refractivity contribution < 1.29 is 9.18 Å². The number of benzene rings is 1. The van der Waals surface area contributed by atoms with E-state index >= 15 is 0 Å². The third kappa shape index (κ3) is 3.71. The fourth-order valence-corrected chi connectivity index (χ4v) is 1.56. The third-order valence-electron chi connectivity index (χ3n) is 2.57. The molecule has 0 saturated carbocycles. The predicted octanol–water partition coefficient (Wildman–Crippen LogP) is 1.10. The van der Waals surface area contributed by atoms with Crippen molar-refractivity contribution in [1.82, 2.24) is 4.90 Å². The number of nitrogens with two attached hydrogens (primary N) is 2. The van der Waals surface area contributed by atoms with Gasteiger partial charge in [-0.1, -0.05) is 12.1 Å². The Labute approximate surface area is 100 Å². The molecule has 0 atom stereocenters. The molecule has 0 radical (unpaired) electrons. The Morgan fingerprint density at radius 1 is 1.47 bits per heavy atom. The standard InChI is InChI=1S/C12H18FN3O/c1-8(2)16(7-11(15)17)6-9-4-3-5-10(14)12(9)13/h3-5,8H,6-7,14H2,1-2H3,(H2,15,17). The molecule has 1 amide bonds. The Kier molecular flexibility index (Phi) is 4.45. The number of hydrogen-bond donors (Lipinski definition) is 2. The largest absolute Gasteiger partial charge is 0.396 e. The molecule has 0 heterocycles. The fraction of sp³-hybridized carbons (Fsp3) is 0.417. The van der Waals surface area contributed by atoms with Gasteiger partial charge in [-0.25, -0.2) is 4.39 Å². The summed E-state index contributed by atoms with van der Waals surface area (Å²) in [6, 6.07) is 4.95. The van der Waals surface area contributed by atoms with Gasteiger partial charge < -0.3 is 11.5 Å². The average molecular weight is 239 g/mol. The third-order valence-corrected chi connectivity index (χ3v) is 2.57. The van der Waals surface area contributed by atoms with Gasteiger partial charge in [0.15, 0.2) is 5.82 Å². The zero-order valence-corrected chi connectivity index (χ0v) is 10.1. The Morgan fingerprint density at radius 3 is 2.65 bits per heavy atom. The van der Waals surface area contributed by atoms with E-state index in [0.717, 1.165) is 0 Å². The second kappa shape index (κ2) is 5.63. The molecule has 4 N–H and O–H groups in total. The van der Waals surface area contributed by atoms with Gasteiger partial charge in [0, 0.05) is 18.2 Å². The van der Waals surface area contributed by atoms with Gasteiger partial charge in [0.25, 0.3) is 0 Å². The summed E-state index contributed by atoms with van der Waals surface area (Å²) in [5.74, 6) is -0.856. The summed E-state index contributed by atoms with van der Waals surface area (Å²) in [5, 5.41) is 0. The number of amides is 1. The quantitative estimate of drug-likeness (QED) is 0.756. The molecule has 0 aliphatic heterocycles. The summed E-state index contributed by atoms with van der Waals surface area (Å²) in [4.78, 5) is 12.7. The summed E-state index contributed by atoms with van der Waals surface area (Å²) >= 11 is 0. The number of carbonyl (C=O) groups is 1. The first kappa shape index (κ1) is 13.4. The van der Waals surface area contributed by atoms with Crippen molar-refractivity contribution in [2.45, 2.75) is 26.4 Å². The molecule has 5 heteroatoms. The molecule has 17 heavy (non-hydrogen) atoms. The number of carbonyl (C=O) groups excluding carboxylic acids is 1. The number of nitrogen functional groups attached to an aromatic ring is 1. The maximum atomic E-state index is 13.7. The van der Waals surface area contributed by atoms with Crippen LogP contribution in [0.5, 0.6) is 0 Å². The lowest BCUT2D eigenvalue weighted by molar-refractivity contribution is -0.119. The van der Waals surface area contributed by atoms with Gasteiger partial charge in [-0.2, -0.15) is 0 Å². The van der Waals surface area contributed by atoms with Crippen LogP contribution in [0, 0.1) is 5.82 Å². The summed E-state index contributed by atoms with van der Waals surface area (Å²) in [6.45, 7) is 4.27. The molecule has 1 aromatic carbocycles. The molecule has 0 saturated heterocycles. The van der Waals surface area contributed by atoms with Crippen LogP contribution >= 0.6 is 0 Å². The first-order valence-electron chi connectivity index (χ1n) is 5.47. The van der Waals surface area contributed by atoms with Gasteiger partial charge in [-0.3, -0.25) is 9.69 Å². The number of rotatable bonds is 5. The van der Waals surface area contributed by atoms with Crippen LogP contribution in [0.1, 0.15) is 19.4 Å². The van der Waals surface area contributed by atoms with Crippen LogP contribution in [0.2, 0.25) is 0 Å². The van der Waals surface area contributed by atoms with Crippen LogP contribution in [-0.4, -0.2) is 23.4 Å². The van der Waals surface area contributed by atoms with E-state index in [1.807, 2.05) is 13.8 Å². The number of anilines is 1. The van der Waals surface area contributed by atoms with Gasteiger partial charge in [0.2, 0.25) is 5.91 Å². The minimum atomic E-state index is -0.428. The number of hydrogen-bond acceptors (Lipinski definition) is 3. The van der Waals surface area contributed by atoms with Gasteiger partial charge >= 0.3 is 0 Å². The highest BCUT2D eigenvalue weighted by molar-refractivity contribution is 5.75. The molecule has 1 aromatic rings.